The molecule has 2 aromatic rings. The number of nitrogens with zero attached hydrogens (tertiary/aromatic N) is 4. The van der Waals surface area contributed by atoms with Gasteiger partial charge in [-0.1, -0.05) is 0 Å². The Balaban J connectivity index is 1.73. The Labute approximate surface area is 154 Å². The number of amides is 1. The van der Waals surface area contributed by atoms with Crippen molar-refractivity contribution < 1.29 is 14.3 Å². The molecule has 26 heavy (non-hydrogen) atoms. The zero-order chi connectivity index (χ0) is 18.4. The van der Waals surface area contributed by atoms with Gasteiger partial charge in [-0.15, -0.1) is 0 Å². The molecule has 2 heterocycles. The first-order chi connectivity index (χ1) is 12.7. The monoisotopic (exact) mass is 358 g/mol. The predicted molar refractivity (Wildman–Crippen MR) is 98.5 cm³/mol. The van der Waals surface area contributed by atoms with Gasteiger partial charge in [-0.3, -0.25) is 9.69 Å². The molecule has 1 aromatic carbocycles. The van der Waals surface area contributed by atoms with Gasteiger partial charge in [0.25, 0.3) is 0 Å². The third-order valence-corrected chi connectivity index (χ3v) is 4.64. The first-order valence-corrected chi connectivity index (χ1v) is 8.87. The van der Waals surface area contributed by atoms with E-state index < -0.39 is 0 Å². The van der Waals surface area contributed by atoms with Crippen molar-refractivity contribution in [3.05, 3.63) is 42.2 Å². The van der Waals surface area contributed by atoms with Crippen LogP contribution in [-0.2, 0) is 16.1 Å². The number of hydrogen-bond donors (Lipinski definition) is 0. The van der Waals surface area contributed by atoms with Crippen LogP contribution in [0.15, 0.2) is 36.7 Å². The molecule has 1 aromatic heterocycles. The summed E-state index contributed by atoms with van der Waals surface area (Å²) >= 11 is 0. The molecule has 1 aliphatic rings. The maximum absolute atomic E-state index is 12.1. The molecule has 7 nitrogen and oxygen atoms in total. The van der Waals surface area contributed by atoms with E-state index in [1.165, 1.54) is 0 Å². The standard InChI is InChI=1S/C19H26N4O3/c1-25-15-19(24)22-9-4-8-21(11-12-22)14-16-13-17(26-2)5-6-18(16)23-10-3-7-20-23/h3,5-7,10,13H,4,8-9,11-12,14-15H2,1-2H3. The van der Waals surface area contributed by atoms with Crippen LogP contribution < -0.4 is 4.74 Å². The molecule has 0 bridgehead atoms. The second-order valence-corrected chi connectivity index (χ2v) is 6.39. The van der Waals surface area contributed by atoms with Gasteiger partial charge in [-0.25, -0.2) is 4.68 Å². The fourth-order valence-corrected chi connectivity index (χ4v) is 3.28. The fraction of sp³-hybridized carbons (Fsp3) is 0.474. The van der Waals surface area contributed by atoms with Crippen molar-refractivity contribution in [3.63, 3.8) is 0 Å². The number of carbonyl (C=O) groups excluding carboxylic acids is 1. The minimum atomic E-state index is 0.0629. The van der Waals surface area contributed by atoms with Crippen LogP contribution in [0.25, 0.3) is 5.69 Å². The molecule has 7 heteroatoms. The molecule has 0 saturated carbocycles. The maximum atomic E-state index is 12.1. The van der Waals surface area contributed by atoms with E-state index in [9.17, 15) is 4.79 Å². The molecular weight excluding hydrogens is 332 g/mol. The van der Waals surface area contributed by atoms with E-state index in [4.69, 9.17) is 9.47 Å². The molecule has 1 fully saturated rings. The highest BCUT2D eigenvalue weighted by atomic mass is 16.5. The lowest BCUT2D eigenvalue weighted by molar-refractivity contribution is -0.135. The topological polar surface area (TPSA) is 59.8 Å². The molecule has 1 aliphatic heterocycles. The summed E-state index contributed by atoms with van der Waals surface area (Å²) in [7, 11) is 3.24. The van der Waals surface area contributed by atoms with Gasteiger partial charge in [0.15, 0.2) is 0 Å². The van der Waals surface area contributed by atoms with E-state index >= 15 is 0 Å². The van der Waals surface area contributed by atoms with Gasteiger partial charge in [0.2, 0.25) is 5.91 Å². The molecule has 140 valence electrons. The number of hydrogen-bond acceptors (Lipinski definition) is 5. The summed E-state index contributed by atoms with van der Waals surface area (Å²) in [5.74, 6) is 0.899. The van der Waals surface area contributed by atoms with Crippen molar-refractivity contribution in [2.24, 2.45) is 0 Å². The molecule has 0 unspecified atom stereocenters. The Morgan fingerprint density at radius 1 is 1.19 bits per heavy atom. The van der Waals surface area contributed by atoms with Gasteiger partial charge < -0.3 is 14.4 Å². The average molecular weight is 358 g/mol. The van der Waals surface area contributed by atoms with Crippen molar-refractivity contribution in [1.82, 2.24) is 19.6 Å². The van der Waals surface area contributed by atoms with Crippen LogP contribution in [0.5, 0.6) is 5.75 Å². The van der Waals surface area contributed by atoms with E-state index in [-0.39, 0.29) is 12.5 Å². The van der Waals surface area contributed by atoms with Gasteiger partial charge in [0.1, 0.15) is 12.4 Å². The molecule has 0 radical (unpaired) electrons. The van der Waals surface area contributed by atoms with Crippen LogP contribution in [-0.4, -0.2) is 72.5 Å². The molecule has 3 rings (SSSR count). The summed E-state index contributed by atoms with van der Waals surface area (Å²) in [6, 6.07) is 7.97. The number of ether oxygens (including phenoxy) is 2. The third kappa shape index (κ3) is 4.42. The van der Waals surface area contributed by atoms with Gasteiger partial charge in [0.05, 0.1) is 12.8 Å². The summed E-state index contributed by atoms with van der Waals surface area (Å²) in [5.41, 5.74) is 2.21. The smallest absolute Gasteiger partial charge is 0.248 e. The van der Waals surface area contributed by atoms with Crippen LogP contribution in [0.3, 0.4) is 0 Å². The van der Waals surface area contributed by atoms with E-state index in [0.717, 1.165) is 56.1 Å². The Kier molecular flexibility index (Phi) is 6.25. The van der Waals surface area contributed by atoms with Crippen molar-refractivity contribution >= 4 is 5.91 Å². The minimum absolute atomic E-state index is 0.0629. The lowest BCUT2D eigenvalue weighted by Crippen LogP contribution is -2.37. The summed E-state index contributed by atoms with van der Waals surface area (Å²) in [6.45, 7) is 4.24. The number of aromatic nitrogens is 2. The van der Waals surface area contributed by atoms with Gasteiger partial charge in [-0.05, 0) is 36.2 Å². The molecular formula is C19H26N4O3. The lowest BCUT2D eigenvalue weighted by atomic mass is 10.1. The van der Waals surface area contributed by atoms with Gasteiger partial charge in [-0.2, -0.15) is 5.10 Å². The molecule has 0 aliphatic carbocycles. The SMILES string of the molecule is COCC(=O)N1CCCN(Cc2cc(OC)ccc2-n2cccn2)CC1. The second kappa shape index (κ2) is 8.82. The van der Waals surface area contributed by atoms with Crippen molar-refractivity contribution in [1.29, 1.82) is 0 Å². The second-order valence-electron chi connectivity index (χ2n) is 6.39. The number of methoxy groups -OCH3 is 2. The van der Waals surface area contributed by atoms with Crippen molar-refractivity contribution in [2.75, 3.05) is 47.0 Å². The zero-order valence-electron chi connectivity index (χ0n) is 15.4. The Bertz CT molecular complexity index is 718. The normalized spacial score (nSPS) is 15.7. The summed E-state index contributed by atoms with van der Waals surface area (Å²) in [6.07, 6.45) is 4.68. The number of benzene rings is 1. The van der Waals surface area contributed by atoms with Crippen molar-refractivity contribution in [2.45, 2.75) is 13.0 Å². The van der Waals surface area contributed by atoms with E-state index in [0.29, 0.717) is 0 Å². The summed E-state index contributed by atoms with van der Waals surface area (Å²) < 4.78 is 12.3. The highest BCUT2D eigenvalue weighted by Crippen LogP contribution is 2.23. The largest absolute Gasteiger partial charge is 0.497 e. The summed E-state index contributed by atoms with van der Waals surface area (Å²) in [5, 5.41) is 4.36. The minimum Gasteiger partial charge on any atom is -0.497 e. The average Bonchev–Trinajstić information content (AvgIpc) is 3.08. The van der Waals surface area contributed by atoms with Gasteiger partial charge in [0, 0.05) is 52.2 Å². The Hall–Kier alpha value is -2.38. The Morgan fingerprint density at radius 2 is 2.08 bits per heavy atom. The molecule has 0 spiro atoms. The molecule has 1 amide bonds. The van der Waals surface area contributed by atoms with Crippen LogP contribution in [0.1, 0.15) is 12.0 Å². The predicted octanol–water partition coefficient (Wildman–Crippen LogP) is 1.56. The highest BCUT2D eigenvalue weighted by Gasteiger charge is 2.20. The maximum Gasteiger partial charge on any atom is 0.248 e. The van der Waals surface area contributed by atoms with Crippen LogP contribution in [0, 0.1) is 0 Å². The zero-order valence-corrected chi connectivity index (χ0v) is 15.4. The van der Waals surface area contributed by atoms with E-state index in [1.54, 1.807) is 20.4 Å². The highest BCUT2D eigenvalue weighted by molar-refractivity contribution is 5.77. The van der Waals surface area contributed by atoms with Crippen LogP contribution in [0.4, 0.5) is 0 Å². The molecule has 1 saturated heterocycles. The van der Waals surface area contributed by atoms with Crippen LogP contribution >= 0.6 is 0 Å². The Morgan fingerprint density at radius 3 is 2.81 bits per heavy atom. The summed E-state index contributed by atoms with van der Waals surface area (Å²) in [4.78, 5) is 16.3. The van der Waals surface area contributed by atoms with E-state index in [2.05, 4.69) is 16.1 Å². The lowest BCUT2D eigenvalue weighted by Gasteiger charge is -2.23. The number of carbonyl (C=O) groups is 1. The fourth-order valence-electron chi connectivity index (χ4n) is 3.28. The van der Waals surface area contributed by atoms with E-state index in [1.807, 2.05) is 34.0 Å². The van der Waals surface area contributed by atoms with Crippen molar-refractivity contribution in [3.8, 4) is 11.4 Å². The number of rotatable bonds is 6. The first-order valence-electron chi connectivity index (χ1n) is 8.87. The molecule has 0 atom stereocenters. The first kappa shape index (κ1) is 18.4. The molecule has 0 N–H and O–H groups in total. The van der Waals surface area contributed by atoms with Crippen LogP contribution in [0.2, 0.25) is 0 Å². The van der Waals surface area contributed by atoms with Gasteiger partial charge >= 0.3 is 0 Å². The quantitative estimate of drug-likeness (QED) is 0.784. The third-order valence-electron chi connectivity index (χ3n) is 4.64.